The molecule has 0 saturated heterocycles. The summed E-state index contributed by atoms with van der Waals surface area (Å²) in [5, 5.41) is 11.3. The number of hydrogen-bond donors (Lipinski definition) is 1. The second-order valence-electron chi connectivity index (χ2n) is 7.42. The van der Waals surface area contributed by atoms with Gasteiger partial charge in [-0.05, 0) is 29.8 Å². The van der Waals surface area contributed by atoms with Crippen LogP contribution < -0.4 is 24.3 Å². The summed E-state index contributed by atoms with van der Waals surface area (Å²) in [6.45, 7) is 0.466. The summed E-state index contributed by atoms with van der Waals surface area (Å²) in [7, 11) is 6.22. The number of ketones is 1. The Bertz CT molecular complexity index is 1300. The van der Waals surface area contributed by atoms with Crippen molar-refractivity contribution in [1.29, 1.82) is 0 Å². The van der Waals surface area contributed by atoms with Gasteiger partial charge in [0.05, 0.1) is 46.7 Å². The molecule has 2 aromatic carbocycles. The minimum Gasteiger partial charge on any atom is -0.497 e. The lowest BCUT2D eigenvalue weighted by Crippen LogP contribution is -2.08. The van der Waals surface area contributed by atoms with E-state index in [4.69, 9.17) is 18.9 Å². The van der Waals surface area contributed by atoms with Gasteiger partial charge in [0, 0.05) is 24.0 Å². The van der Waals surface area contributed by atoms with E-state index in [-0.39, 0.29) is 11.5 Å². The highest BCUT2D eigenvalue weighted by molar-refractivity contribution is 6.10. The van der Waals surface area contributed by atoms with Gasteiger partial charge in [0.25, 0.3) is 0 Å². The van der Waals surface area contributed by atoms with Gasteiger partial charge in [-0.15, -0.1) is 5.10 Å². The highest BCUT2D eigenvalue weighted by Gasteiger charge is 2.20. The van der Waals surface area contributed by atoms with Crippen LogP contribution in [0.3, 0.4) is 0 Å². The first-order chi connectivity index (χ1) is 17.1. The van der Waals surface area contributed by atoms with Crippen molar-refractivity contribution in [3.63, 3.8) is 0 Å². The van der Waals surface area contributed by atoms with Crippen molar-refractivity contribution >= 4 is 17.3 Å². The Kier molecular flexibility index (Phi) is 7.10. The zero-order valence-corrected chi connectivity index (χ0v) is 19.8. The number of methoxy groups -OCH3 is 4. The molecular weight excluding hydrogens is 450 g/mol. The van der Waals surface area contributed by atoms with Crippen molar-refractivity contribution in [2.24, 2.45) is 0 Å². The molecule has 0 saturated carbocycles. The third-order valence-corrected chi connectivity index (χ3v) is 5.25. The number of carbonyl (C=O) groups is 1. The summed E-state index contributed by atoms with van der Waals surface area (Å²) >= 11 is 0. The van der Waals surface area contributed by atoms with E-state index in [0.29, 0.717) is 40.9 Å². The predicted molar refractivity (Wildman–Crippen MR) is 129 cm³/mol. The Morgan fingerprint density at radius 2 is 1.66 bits per heavy atom. The summed E-state index contributed by atoms with van der Waals surface area (Å²) < 4.78 is 23.0. The lowest BCUT2D eigenvalue weighted by molar-refractivity contribution is 0.103. The van der Waals surface area contributed by atoms with E-state index in [1.54, 1.807) is 48.5 Å². The van der Waals surface area contributed by atoms with Crippen LogP contribution in [-0.4, -0.2) is 54.2 Å². The second kappa shape index (κ2) is 10.6. The molecule has 4 rings (SSSR count). The summed E-state index contributed by atoms with van der Waals surface area (Å²) in [5.41, 5.74) is 2.16. The fourth-order valence-electron chi connectivity index (χ4n) is 3.51. The average molecular weight is 476 g/mol. The van der Waals surface area contributed by atoms with Gasteiger partial charge in [-0.3, -0.25) is 4.79 Å². The molecule has 2 aromatic heterocycles. The van der Waals surface area contributed by atoms with E-state index in [2.05, 4.69) is 20.6 Å². The van der Waals surface area contributed by atoms with E-state index >= 15 is 0 Å². The first-order valence-electron chi connectivity index (χ1n) is 10.7. The Morgan fingerprint density at radius 3 is 2.29 bits per heavy atom. The maximum Gasteiger partial charge on any atom is 0.218 e. The fraction of sp³-hybridized carbons (Fsp3) is 0.200. The average Bonchev–Trinajstić information content (AvgIpc) is 3.36. The largest absolute Gasteiger partial charge is 0.497 e. The Labute approximate surface area is 202 Å². The standard InChI is InChI=1S/C25H25N5O5/c1-32-18-9-7-16(8-10-18)14-30-15-20(28-29-30)23(31)19-6-5-11-26-25(19)27-17-12-21(33-2)24(35-4)22(13-17)34-3/h5-13,15H,14H2,1-4H3,(H,26,27). The van der Waals surface area contributed by atoms with Gasteiger partial charge in [-0.2, -0.15) is 0 Å². The van der Waals surface area contributed by atoms with Crippen LogP contribution in [0.1, 0.15) is 21.6 Å². The van der Waals surface area contributed by atoms with Crippen molar-refractivity contribution in [3.05, 3.63) is 77.7 Å². The van der Waals surface area contributed by atoms with Crippen LogP contribution in [0.4, 0.5) is 11.5 Å². The van der Waals surface area contributed by atoms with E-state index in [1.807, 2.05) is 24.3 Å². The number of hydrogen-bond acceptors (Lipinski definition) is 9. The molecule has 1 N–H and O–H groups in total. The molecule has 0 spiro atoms. The number of aromatic nitrogens is 4. The number of nitrogens with zero attached hydrogens (tertiary/aromatic N) is 4. The van der Waals surface area contributed by atoms with E-state index in [9.17, 15) is 4.79 Å². The molecule has 0 amide bonds. The molecule has 0 unspecified atom stereocenters. The normalized spacial score (nSPS) is 10.5. The predicted octanol–water partition coefficient (Wildman–Crippen LogP) is 3.73. The second-order valence-corrected chi connectivity index (χ2v) is 7.42. The summed E-state index contributed by atoms with van der Waals surface area (Å²) in [6, 6.07) is 14.4. The van der Waals surface area contributed by atoms with Crippen molar-refractivity contribution in [2.45, 2.75) is 6.54 Å². The van der Waals surface area contributed by atoms with E-state index < -0.39 is 0 Å². The van der Waals surface area contributed by atoms with Gasteiger partial charge in [0.15, 0.2) is 17.2 Å². The van der Waals surface area contributed by atoms with Gasteiger partial charge in [0.2, 0.25) is 11.5 Å². The van der Waals surface area contributed by atoms with Gasteiger partial charge in [-0.25, -0.2) is 9.67 Å². The molecule has 0 aliphatic heterocycles. The Morgan fingerprint density at radius 1 is 0.943 bits per heavy atom. The molecule has 0 fully saturated rings. The molecule has 180 valence electrons. The van der Waals surface area contributed by atoms with Crippen LogP contribution >= 0.6 is 0 Å². The van der Waals surface area contributed by atoms with Crippen molar-refractivity contribution in [1.82, 2.24) is 20.0 Å². The molecule has 4 aromatic rings. The SMILES string of the molecule is COc1ccc(Cn2cc(C(=O)c3cccnc3Nc3cc(OC)c(OC)c(OC)c3)nn2)cc1. The van der Waals surface area contributed by atoms with Gasteiger partial charge in [0.1, 0.15) is 11.6 Å². The number of carbonyl (C=O) groups excluding carboxylic acids is 1. The first-order valence-corrected chi connectivity index (χ1v) is 10.7. The highest BCUT2D eigenvalue weighted by Crippen LogP contribution is 2.40. The zero-order chi connectivity index (χ0) is 24.8. The van der Waals surface area contributed by atoms with Gasteiger partial charge in [-0.1, -0.05) is 17.3 Å². The number of nitrogens with one attached hydrogen (secondary N) is 1. The Hall–Kier alpha value is -4.60. The maximum absolute atomic E-state index is 13.3. The Balaban J connectivity index is 1.57. The molecule has 2 heterocycles. The molecule has 35 heavy (non-hydrogen) atoms. The molecule has 0 aliphatic rings. The summed E-state index contributed by atoms with van der Waals surface area (Å²) in [5.74, 6) is 2.23. The number of benzene rings is 2. The van der Waals surface area contributed by atoms with E-state index in [0.717, 1.165) is 11.3 Å². The van der Waals surface area contributed by atoms with E-state index in [1.165, 1.54) is 21.3 Å². The maximum atomic E-state index is 13.3. The molecule has 0 radical (unpaired) electrons. The van der Waals surface area contributed by atoms with Crippen molar-refractivity contribution in [3.8, 4) is 23.0 Å². The van der Waals surface area contributed by atoms with Crippen molar-refractivity contribution in [2.75, 3.05) is 33.8 Å². The molecule has 0 bridgehead atoms. The lowest BCUT2D eigenvalue weighted by atomic mass is 10.1. The van der Waals surface area contributed by atoms with Crippen molar-refractivity contribution < 1.29 is 23.7 Å². The zero-order valence-electron chi connectivity index (χ0n) is 19.8. The third kappa shape index (κ3) is 5.16. The quantitative estimate of drug-likeness (QED) is 0.343. The third-order valence-electron chi connectivity index (χ3n) is 5.25. The lowest BCUT2D eigenvalue weighted by Gasteiger charge is -2.15. The van der Waals surface area contributed by atoms with Crippen LogP contribution in [0, 0.1) is 0 Å². The number of rotatable bonds is 10. The smallest absolute Gasteiger partial charge is 0.218 e. The number of pyridine rings is 1. The van der Waals surface area contributed by atoms with Gasteiger partial charge < -0.3 is 24.3 Å². The molecule has 10 heteroatoms. The molecule has 0 atom stereocenters. The van der Waals surface area contributed by atoms with Crippen LogP contribution in [0.2, 0.25) is 0 Å². The minimum atomic E-state index is -0.311. The first kappa shape index (κ1) is 23.6. The topological polar surface area (TPSA) is 110 Å². The number of anilines is 2. The van der Waals surface area contributed by atoms with Crippen LogP contribution in [0.15, 0.2) is 60.9 Å². The molecule has 0 aliphatic carbocycles. The highest BCUT2D eigenvalue weighted by atomic mass is 16.5. The molecule has 10 nitrogen and oxygen atoms in total. The van der Waals surface area contributed by atoms with Crippen LogP contribution in [0.5, 0.6) is 23.0 Å². The minimum absolute atomic E-state index is 0.208. The fourth-order valence-corrected chi connectivity index (χ4v) is 3.51. The summed E-state index contributed by atoms with van der Waals surface area (Å²) in [6.07, 6.45) is 3.21. The van der Waals surface area contributed by atoms with Crippen LogP contribution in [0.25, 0.3) is 0 Å². The van der Waals surface area contributed by atoms with Gasteiger partial charge >= 0.3 is 0 Å². The number of ether oxygens (including phenoxy) is 4. The monoisotopic (exact) mass is 475 g/mol. The molecular formula is C25H25N5O5. The van der Waals surface area contributed by atoms with Crippen LogP contribution in [-0.2, 0) is 6.54 Å². The summed E-state index contributed by atoms with van der Waals surface area (Å²) in [4.78, 5) is 17.6.